The molecule has 3 aliphatic carbocycles. The lowest BCUT2D eigenvalue weighted by Crippen LogP contribution is -2.44. The number of benzene rings is 2. The summed E-state index contributed by atoms with van der Waals surface area (Å²) in [4.78, 5) is 45.6. The molecule has 3 aliphatic rings. The van der Waals surface area contributed by atoms with E-state index in [0.29, 0.717) is 24.3 Å². The normalized spacial score (nSPS) is 22.7. The first kappa shape index (κ1) is 33.2. The maximum Gasteiger partial charge on any atom is 0.303 e. The summed E-state index contributed by atoms with van der Waals surface area (Å²) in [7, 11) is 1.72. The quantitative estimate of drug-likeness (QED) is 0.214. The summed E-state index contributed by atoms with van der Waals surface area (Å²) in [6.45, 7) is 3.85. The number of aryl methyl sites for hydroxylation is 1. The highest BCUT2D eigenvalue weighted by Gasteiger charge is 2.33. The zero-order valence-electron chi connectivity index (χ0n) is 27.8. The van der Waals surface area contributed by atoms with Gasteiger partial charge in [0.25, 0.3) is 5.91 Å². The molecule has 3 fully saturated rings. The molecule has 6 rings (SSSR count). The van der Waals surface area contributed by atoms with E-state index in [1.807, 2.05) is 6.20 Å². The molecule has 0 spiro atoms. The Bertz CT molecular complexity index is 1570. The Balaban J connectivity index is 1.14. The van der Waals surface area contributed by atoms with Crippen LogP contribution in [0.3, 0.4) is 0 Å². The van der Waals surface area contributed by atoms with E-state index in [1.165, 1.54) is 35.9 Å². The van der Waals surface area contributed by atoms with Crippen molar-refractivity contribution in [2.24, 2.45) is 11.8 Å². The van der Waals surface area contributed by atoms with Gasteiger partial charge in [-0.05, 0) is 118 Å². The summed E-state index contributed by atoms with van der Waals surface area (Å²) in [5.74, 6) is 1.84. The molecule has 9 heteroatoms. The first-order chi connectivity index (χ1) is 22.8. The number of methoxy groups -OCH3 is 1. The Morgan fingerprint density at radius 1 is 0.936 bits per heavy atom. The summed E-state index contributed by atoms with van der Waals surface area (Å²) in [6.07, 6.45) is 11.7. The van der Waals surface area contributed by atoms with Gasteiger partial charge in [0.15, 0.2) is 6.61 Å². The fourth-order valence-corrected chi connectivity index (χ4v) is 8.41. The number of hydrogen-bond donors (Lipinski definition) is 1. The number of carbonyl (C=O) groups excluding carboxylic acids is 3. The lowest BCUT2D eigenvalue weighted by atomic mass is 9.78. The van der Waals surface area contributed by atoms with Gasteiger partial charge in [0, 0.05) is 43.2 Å². The maximum atomic E-state index is 14.4. The minimum Gasteiger partial charge on any atom is -0.496 e. The smallest absolute Gasteiger partial charge is 0.303 e. The van der Waals surface area contributed by atoms with Crippen molar-refractivity contribution in [2.45, 2.75) is 95.9 Å². The molecular weight excluding hydrogens is 611 g/mol. The van der Waals surface area contributed by atoms with Gasteiger partial charge >= 0.3 is 5.97 Å². The van der Waals surface area contributed by atoms with E-state index in [0.717, 1.165) is 73.2 Å². The number of amides is 2. The van der Waals surface area contributed by atoms with Gasteiger partial charge in [0.2, 0.25) is 5.91 Å². The van der Waals surface area contributed by atoms with Crippen LogP contribution in [0.5, 0.6) is 5.75 Å². The van der Waals surface area contributed by atoms with Gasteiger partial charge in [-0.25, -0.2) is 4.98 Å². The van der Waals surface area contributed by atoms with Crippen molar-refractivity contribution in [3.8, 4) is 16.2 Å². The van der Waals surface area contributed by atoms with Crippen LogP contribution in [0.15, 0.2) is 48.7 Å². The molecule has 3 saturated carbocycles. The molecular formula is C38H47N3O5S. The fourth-order valence-electron chi connectivity index (χ4n) is 7.32. The van der Waals surface area contributed by atoms with Gasteiger partial charge in [-0.15, -0.1) is 11.3 Å². The van der Waals surface area contributed by atoms with E-state index in [4.69, 9.17) is 14.5 Å². The molecule has 0 unspecified atom stereocenters. The van der Waals surface area contributed by atoms with Crippen molar-refractivity contribution in [1.82, 2.24) is 10.3 Å². The zero-order valence-corrected chi connectivity index (χ0v) is 28.7. The highest BCUT2D eigenvalue weighted by atomic mass is 32.1. The number of hydrogen-bond acceptors (Lipinski definition) is 7. The summed E-state index contributed by atoms with van der Waals surface area (Å²) < 4.78 is 10.3. The van der Waals surface area contributed by atoms with Crippen LogP contribution < -0.4 is 15.0 Å². The Morgan fingerprint density at radius 2 is 1.68 bits per heavy atom. The van der Waals surface area contributed by atoms with Crippen molar-refractivity contribution in [1.29, 1.82) is 0 Å². The number of nitrogens with zero attached hydrogens (tertiary/aromatic N) is 2. The van der Waals surface area contributed by atoms with E-state index in [2.05, 4.69) is 59.6 Å². The monoisotopic (exact) mass is 657 g/mol. The molecule has 3 aromatic rings. The largest absolute Gasteiger partial charge is 0.496 e. The standard InChI is InChI=1S/C38H47N3O5S/c1-24-19-30(15-18-34(24)45-3)27-9-7-26(8-10-27)22-41(33-6-4-5-31(20-33)35-21-39-37(47-35)28-11-12-28)38(44)29-13-16-32(17-14-29)40-36(43)23-46-25(2)42/h4-6,15,18-21,26-29,32H,7-14,16-17,22-23H2,1-3H3,(H,40,43)/t26-,27-,29-,32-. The van der Waals surface area contributed by atoms with Crippen LogP contribution in [-0.4, -0.2) is 49.1 Å². The summed E-state index contributed by atoms with van der Waals surface area (Å²) in [5, 5.41) is 4.20. The molecule has 1 heterocycles. The molecule has 8 nitrogen and oxygen atoms in total. The molecule has 250 valence electrons. The van der Waals surface area contributed by atoms with Crippen molar-refractivity contribution < 1.29 is 23.9 Å². The van der Waals surface area contributed by atoms with Crippen LogP contribution in [0.2, 0.25) is 0 Å². The second-order valence-corrected chi connectivity index (χ2v) is 14.7. The second-order valence-electron chi connectivity index (χ2n) is 13.7. The third kappa shape index (κ3) is 8.42. The van der Waals surface area contributed by atoms with Crippen molar-refractivity contribution in [3.05, 3.63) is 64.8 Å². The zero-order chi connectivity index (χ0) is 32.9. The Hall–Kier alpha value is -3.72. The number of esters is 1. The number of aromatic nitrogens is 1. The first-order valence-corrected chi connectivity index (χ1v) is 18.0. The third-order valence-corrected chi connectivity index (χ3v) is 11.4. The highest BCUT2D eigenvalue weighted by Crippen LogP contribution is 2.44. The van der Waals surface area contributed by atoms with Gasteiger partial charge in [0.05, 0.1) is 17.0 Å². The number of carbonyl (C=O) groups is 3. The predicted octanol–water partition coefficient (Wildman–Crippen LogP) is 7.55. The summed E-state index contributed by atoms with van der Waals surface area (Å²) in [6, 6.07) is 15.0. The molecule has 2 aromatic carbocycles. The van der Waals surface area contributed by atoms with Crippen LogP contribution >= 0.6 is 11.3 Å². The fraction of sp³-hybridized carbons (Fsp3) is 0.526. The molecule has 1 aromatic heterocycles. The van der Waals surface area contributed by atoms with E-state index in [9.17, 15) is 14.4 Å². The molecule has 0 radical (unpaired) electrons. The number of nitrogens with one attached hydrogen (secondary N) is 1. The van der Waals surface area contributed by atoms with E-state index >= 15 is 0 Å². The summed E-state index contributed by atoms with van der Waals surface area (Å²) in [5.41, 5.74) is 4.63. The molecule has 0 aliphatic heterocycles. The maximum absolute atomic E-state index is 14.4. The molecule has 0 bridgehead atoms. The number of rotatable bonds is 11. The summed E-state index contributed by atoms with van der Waals surface area (Å²) >= 11 is 1.78. The van der Waals surface area contributed by atoms with Gasteiger partial charge < -0.3 is 19.7 Å². The second kappa shape index (κ2) is 15.0. The van der Waals surface area contributed by atoms with Crippen LogP contribution in [0.4, 0.5) is 5.69 Å². The van der Waals surface area contributed by atoms with Crippen LogP contribution in [-0.2, 0) is 19.1 Å². The minimum absolute atomic E-state index is 0.0113. The lowest BCUT2D eigenvalue weighted by molar-refractivity contribution is -0.146. The molecule has 47 heavy (non-hydrogen) atoms. The van der Waals surface area contributed by atoms with Gasteiger partial charge in [-0.1, -0.05) is 24.3 Å². The number of ether oxygens (including phenoxy) is 2. The first-order valence-electron chi connectivity index (χ1n) is 17.2. The Kier molecular flexibility index (Phi) is 10.6. The molecule has 2 amide bonds. The van der Waals surface area contributed by atoms with Crippen molar-refractivity contribution >= 4 is 34.8 Å². The third-order valence-electron chi connectivity index (χ3n) is 10.2. The lowest BCUT2D eigenvalue weighted by Gasteiger charge is -2.36. The van der Waals surface area contributed by atoms with Gasteiger partial charge in [-0.2, -0.15) is 0 Å². The van der Waals surface area contributed by atoms with Crippen LogP contribution in [0, 0.1) is 18.8 Å². The average Bonchev–Trinajstić information content (AvgIpc) is 3.82. The van der Waals surface area contributed by atoms with Gasteiger partial charge in [0.1, 0.15) is 5.75 Å². The van der Waals surface area contributed by atoms with E-state index < -0.39 is 5.97 Å². The number of thiazole rings is 1. The van der Waals surface area contributed by atoms with Gasteiger partial charge in [-0.3, -0.25) is 14.4 Å². The molecule has 1 N–H and O–H groups in total. The Morgan fingerprint density at radius 3 is 2.36 bits per heavy atom. The Labute approximate surface area is 282 Å². The van der Waals surface area contributed by atoms with Crippen molar-refractivity contribution in [2.75, 3.05) is 25.2 Å². The topological polar surface area (TPSA) is 97.8 Å². The highest BCUT2D eigenvalue weighted by molar-refractivity contribution is 7.15. The van der Waals surface area contributed by atoms with Crippen LogP contribution in [0.1, 0.15) is 99.1 Å². The minimum atomic E-state index is -0.471. The van der Waals surface area contributed by atoms with E-state index in [1.54, 1.807) is 18.4 Å². The average molecular weight is 658 g/mol. The molecule has 0 atom stereocenters. The predicted molar refractivity (Wildman–Crippen MR) is 185 cm³/mol. The molecule has 0 saturated heterocycles. The number of anilines is 1. The van der Waals surface area contributed by atoms with Crippen LogP contribution in [0.25, 0.3) is 10.4 Å². The van der Waals surface area contributed by atoms with E-state index in [-0.39, 0.29) is 30.4 Å². The van der Waals surface area contributed by atoms with Crippen molar-refractivity contribution in [3.63, 3.8) is 0 Å². The SMILES string of the molecule is COc1ccc([C@H]2CC[C@H](CN(c3cccc(-c4cnc(C5CC5)s4)c3)C(=O)[C@H]3CC[C@H](NC(=O)COC(C)=O)CC3)CC2)cc1C.